The van der Waals surface area contributed by atoms with Gasteiger partial charge in [0.1, 0.15) is 12.4 Å². The van der Waals surface area contributed by atoms with E-state index in [1.165, 1.54) is 0 Å². The molecule has 23 heavy (non-hydrogen) atoms. The molecule has 2 aromatic rings. The van der Waals surface area contributed by atoms with Crippen LogP contribution in [0.15, 0.2) is 72.4 Å². The first-order valence-corrected chi connectivity index (χ1v) is 7.63. The van der Waals surface area contributed by atoms with Crippen molar-refractivity contribution in [3.63, 3.8) is 0 Å². The Morgan fingerprint density at radius 2 is 2.00 bits per heavy atom. The first kappa shape index (κ1) is 16.7. The zero-order chi connectivity index (χ0) is 16.3. The summed E-state index contributed by atoms with van der Waals surface area (Å²) in [5.74, 6) is 0.796. The summed E-state index contributed by atoms with van der Waals surface area (Å²) in [6.45, 7) is 4.75. The normalized spacial score (nSPS) is 10.3. The monoisotopic (exact) mass is 325 g/mol. The SMILES string of the molecule is C=CCNC(=S)N/N=C\c1cccc(OCc2ccccc2)c1. The van der Waals surface area contributed by atoms with Crippen molar-refractivity contribution in [2.45, 2.75) is 6.61 Å². The van der Waals surface area contributed by atoms with E-state index >= 15 is 0 Å². The van der Waals surface area contributed by atoms with Crippen molar-refractivity contribution in [3.05, 3.63) is 78.4 Å². The summed E-state index contributed by atoms with van der Waals surface area (Å²) in [6, 6.07) is 17.8. The molecular weight excluding hydrogens is 306 g/mol. The molecule has 0 amide bonds. The molecule has 2 rings (SSSR count). The molecule has 0 radical (unpaired) electrons. The first-order chi connectivity index (χ1) is 11.3. The van der Waals surface area contributed by atoms with E-state index in [1.54, 1.807) is 12.3 Å². The van der Waals surface area contributed by atoms with E-state index in [1.807, 2.05) is 54.6 Å². The van der Waals surface area contributed by atoms with Crippen LogP contribution in [0, 0.1) is 0 Å². The molecule has 0 spiro atoms. The quantitative estimate of drug-likeness (QED) is 0.355. The predicted molar refractivity (Wildman–Crippen MR) is 98.7 cm³/mol. The van der Waals surface area contributed by atoms with Crippen LogP contribution in [-0.4, -0.2) is 17.9 Å². The maximum atomic E-state index is 5.78. The van der Waals surface area contributed by atoms with Crippen LogP contribution >= 0.6 is 12.2 Å². The molecule has 2 N–H and O–H groups in total. The number of hydrazone groups is 1. The van der Waals surface area contributed by atoms with Crippen molar-refractivity contribution in [1.82, 2.24) is 10.7 Å². The molecule has 0 aliphatic rings. The van der Waals surface area contributed by atoms with Crippen LogP contribution in [0.3, 0.4) is 0 Å². The minimum absolute atomic E-state index is 0.456. The Balaban J connectivity index is 1.86. The van der Waals surface area contributed by atoms with Crippen LogP contribution < -0.4 is 15.5 Å². The average molecular weight is 325 g/mol. The van der Waals surface area contributed by atoms with E-state index in [2.05, 4.69) is 22.4 Å². The van der Waals surface area contributed by atoms with Crippen LogP contribution in [0.25, 0.3) is 0 Å². The third-order valence-corrected chi connectivity index (χ3v) is 3.13. The van der Waals surface area contributed by atoms with E-state index in [0.717, 1.165) is 16.9 Å². The predicted octanol–water partition coefficient (Wildman–Crippen LogP) is 3.25. The molecule has 4 nitrogen and oxygen atoms in total. The smallest absolute Gasteiger partial charge is 0.187 e. The van der Waals surface area contributed by atoms with Crippen LogP contribution in [-0.2, 0) is 6.61 Å². The molecule has 0 aliphatic heterocycles. The summed E-state index contributed by atoms with van der Waals surface area (Å²) >= 11 is 5.05. The second-order valence-electron chi connectivity index (χ2n) is 4.72. The fourth-order valence-corrected chi connectivity index (χ4v) is 1.93. The number of hydrogen-bond donors (Lipinski definition) is 2. The fraction of sp³-hybridized carbons (Fsp3) is 0.111. The van der Waals surface area contributed by atoms with Gasteiger partial charge in [-0.25, -0.2) is 0 Å². The van der Waals surface area contributed by atoms with Crippen LogP contribution in [0.1, 0.15) is 11.1 Å². The molecule has 0 saturated heterocycles. The van der Waals surface area contributed by atoms with E-state index in [9.17, 15) is 0 Å². The topological polar surface area (TPSA) is 45.7 Å². The van der Waals surface area contributed by atoms with Crippen molar-refractivity contribution in [1.29, 1.82) is 0 Å². The number of ether oxygens (including phenoxy) is 1. The van der Waals surface area contributed by atoms with Crippen molar-refractivity contribution in [2.24, 2.45) is 5.10 Å². The molecule has 0 fully saturated rings. The number of nitrogens with one attached hydrogen (secondary N) is 2. The van der Waals surface area contributed by atoms with E-state index in [4.69, 9.17) is 17.0 Å². The lowest BCUT2D eigenvalue weighted by Gasteiger charge is -2.07. The number of benzene rings is 2. The third kappa shape index (κ3) is 6.32. The van der Waals surface area contributed by atoms with Gasteiger partial charge in [-0.15, -0.1) is 6.58 Å². The summed E-state index contributed by atoms with van der Waals surface area (Å²) in [4.78, 5) is 0. The summed E-state index contributed by atoms with van der Waals surface area (Å²) < 4.78 is 5.78. The lowest BCUT2D eigenvalue weighted by Crippen LogP contribution is -2.31. The molecule has 5 heteroatoms. The van der Waals surface area contributed by atoms with Gasteiger partial charge in [0.2, 0.25) is 0 Å². The Bertz CT molecular complexity index is 671. The molecule has 0 bridgehead atoms. The maximum absolute atomic E-state index is 5.78. The number of rotatable bonds is 7. The van der Waals surface area contributed by atoms with Crippen LogP contribution in [0.4, 0.5) is 0 Å². The van der Waals surface area contributed by atoms with E-state index < -0.39 is 0 Å². The molecule has 0 atom stereocenters. The maximum Gasteiger partial charge on any atom is 0.187 e. The third-order valence-electron chi connectivity index (χ3n) is 2.89. The largest absolute Gasteiger partial charge is 0.489 e. The Morgan fingerprint density at radius 3 is 2.78 bits per heavy atom. The zero-order valence-corrected chi connectivity index (χ0v) is 13.6. The highest BCUT2D eigenvalue weighted by molar-refractivity contribution is 7.80. The summed E-state index contributed by atoms with van der Waals surface area (Å²) in [6.07, 6.45) is 3.42. The molecule has 0 aliphatic carbocycles. The van der Waals surface area contributed by atoms with Crippen molar-refractivity contribution >= 4 is 23.5 Å². The molecule has 2 aromatic carbocycles. The standard InChI is InChI=1S/C18H19N3OS/c1-2-11-19-18(23)21-20-13-16-9-6-10-17(12-16)22-14-15-7-4-3-5-8-15/h2-10,12-13H,1,11,14H2,(H2,19,21,23)/b20-13-. The molecule has 0 heterocycles. The zero-order valence-electron chi connectivity index (χ0n) is 12.7. The fourth-order valence-electron chi connectivity index (χ4n) is 1.80. The van der Waals surface area contributed by atoms with Gasteiger partial charge in [0.25, 0.3) is 0 Å². The first-order valence-electron chi connectivity index (χ1n) is 7.22. The van der Waals surface area contributed by atoms with Gasteiger partial charge in [0, 0.05) is 6.54 Å². The van der Waals surface area contributed by atoms with Crippen LogP contribution in [0.5, 0.6) is 5.75 Å². The highest BCUT2D eigenvalue weighted by Gasteiger charge is 1.97. The Kier molecular flexibility index (Phi) is 6.81. The highest BCUT2D eigenvalue weighted by atomic mass is 32.1. The molecule has 0 saturated carbocycles. The van der Waals surface area contributed by atoms with Crippen molar-refractivity contribution in [2.75, 3.05) is 6.54 Å². The van der Waals surface area contributed by atoms with Gasteiger partial charge < -0.3 is 10.1 Å². The Hall–Kier alpha value is -2.66. The van der Waals surface area contributed by atoms with Gasteiger partial charge in [-0.1, -0.05) is 48.5 Å². The molecule has 0 unspecified atom stereocenters. The molecule has 0 aromatic heterocycles. The lowest BCUT2D eigenvalue weighted by molar-refractivity contribution is 0.306. The summed E-state index contributed by atoms with van der Waals surface area (Å²) in [5.41, 5.74) is 4.80. The highest BCUT2D eigenvalue weighted by Crippen LogP contribution is 2.14. The van der Waals surface area contributed by atoms with Gasteiger partial charge in [0.15, 0.2) is 5.11 Å². The average Bonchev–Trinajstić information content (AvgIpc) is 2.59. The lowest BCUT2D eigenvalue weighted by atomic mass is 10.2. The van der Waals surface area contributed by atoms with Gasteiger partial charge in [0.05, 0.1) is 6.21 Å². The van der Waals surface area contributed by atoms with Gasteiger partial charge in [-0.3, -0.25) is 5.43 Å². The number of hydrogen-bond acceptors (Lipinski definition) is 3. The Morgan fingerprint density at radius 1 is 1.17 bits per heavy atom. The van der Waals surface area contributed by atoms with Crippen molar-refractivity contribution in [3.8, 4) is 5.75 Å². The van der Waals surface area contributed by atoms with Crippen LogP contribution in [0.2, 0.25) is 0 Å². The van der Waals surface area contributed by atoms with Gasteiger partial charge >= 0.3 is 0 Å². The minimum Gasteiger partial charge on any atom is -0.489 e. The summed E-state index contributed by atoms with van der Waals surface area (Å²) in [5, 5.41) is 7.47. The molecule has 118 valence electrons. The van der Waals surface area contributed by atoms with Crippen molar-refractivity contribution < 1.29 is 4.74 Å². The van der Waals surface area contributed by atoms with Gasteiger partial charge in [-0.05, 0) is 35.5 Å². The number of nitrogens with zero attached hydrogens (tertiary/aromatic N) is 1. The second kappa shape index (κ2) is 9.38. The Labute approximate surface area is 141 Å². The second-order valence-corrected chi connectivity index (χ2v) is 5.12. The summed E-state index contributed by atoms with van der Waals surface area (Å²) in [7, 11) is 0. The van der Waals surface area contributed by atoms with E-state index in [0.29, 0.717) is 18.3 Å². The van der Waals surface area contributed by atoms with E-state index in [-0.39, 0.29) is 0 Å². The minimum atomic E-state index is 0.456. The molecular formula is C18H19N3OS. The van der Waals surface area contributed by atoms with Gasteiger partial charge in [-0.2, -0.15) is 5.10 Å². The number of thiocarbonyl (C=S) groups is 1.